The van der Waals surface area contributed by atoms with Crippen LogP contribution in [0.15, 0.2) is 18.2 Å². The molecule has 1 aromatic carbocycles. The second-order valence-electron chi connectivity index (χ2n) is 4.83. The number of halogens is 1. The van der Waals surface area contributed by atoms with Crippen LogP contribution in [0.3, 0.4) is 0 Å². The van der Waals surface area contributed by atoms with E-state index >= 15 is 0 Å². The lowest BCUT2D eigenvalue weighted by molar-refractivity contribution is -0.384. The first-order valence-electron chi connectivity index (χ1n) is 6.53. The maximum Gasteiger partial charge on any atom is 0.313 e. The fraction of sp³-hybridized carbons (Fsp3) is 0.385. The van der Waals surface area contributed by atoms with Gasteiger partial charge in [-0.15, -0.1) is 0 Å². The van der Waals surface area contributed by atoms with Crippen molar-refractivity contribution in [3.63, 3.8) is 0 Å². The Kier molecular flexibility index (Phi) is 4.74. The molecule has 1 aromatic rings. The fourth-order valence-electron chi connectivity index (χ4n) is 2.24. The molecule has 1 saturated carbocycles. The highest BCUT2D eigenvalue weighted by atomic mass is 35.5. The van der Waals surface area contributed by atoms with E-state index in [1.165, 1.54) is 12.1 Å². The number of amides is 2. The lowest BCUT2D eigenvalue weighted by atomic mass is 10.2. The van der Waals surface area contributed by atoms with Crippen LogP contribution in [0.25, 0.3) is 0 Å². The summed E-state index contributed by atoms with van der Waals surface area (Å²) >= 11 is 5.67. The molecular formula is C13H14ClN3O4. The van der Waals surface area contributed by atoms with Gasteiger partial charge >= 0.3 is 11.8 Å². The quantitative estimate of drug-likeness (QED) is 0.508. The van der Waals surface area contributed by atoms with E-state index in [2.05, 4.69) is 10.6 Å². The predicted molar refractivity (Wildman–Crippen MR) is 77.1 cm³/mol. The third-order valence-electron chi connectivity index (χ3n) is 3.30. The van der Waals surface area contributed by atoms with Crippen LogP contribution in [0.2, 0.25) is 5.02 Å². The molecule has 0 spiro atoms. The van der Waals surface area contributed by atoms with Gasteiger partial charge < -0.3 is 10.6 Å². The van der Waals surface area contributed by atoms with Crippen molar-refractivity contribution in [2.24, 2.45) is 0 Å². The van der Waals surface area contributed by atoms with Crippen molar-refractivity contribution in [2.45, 2.75) is 31.7 Å². The molecule has 21 heavy (non-hydrogen) atoms. The highest BCUT2D eigenvalue weighted by Gasteiger charge is 2.22. The Balaban J connectivity index is 2.00. The van der Waals surface area contributed by atoms with Gasteiger partial charge in [0.15, 0.2) is 0 Å². The van der Waals surface area contributed by atoms with Crippen molar-refractivity contribution in [3.05, 3.63) is 33.3 Å². The van der Waals surface area contributed by atoms with Gasteiger partial charge in [0.25, 0.3) is 5.69 Å². The molecule has 0 bridgehead atoms. The fourth-order valence-corrected chi connectivity index (χ4v) is 2.43. The maximum atomic E-state index is 11.7. The molecule has 1 fully saturated rings. The van der Waals surface area contributed by atoms with Gasteiger partial charge in [-0.1, -0.05) is 24.4 Å². The average molecular weight is 312 g/mol. The van der Waals surface area contributed by atoms with Gasteiger partial charge in [0, 0.05) is 17.8 Å². The molecule has 1 aliphatic carbocycles. The van der Waals surface area contributed by atoms with Crippen molar-refractivity contribution in [3.8, 4) is 0 Å². The summed E-state index contributed by atoms with van der Waals surface area (Å²) in [6, 6.07) is 3.84. The molecule has 2 N–H and O–H groups in total. The van der Waals surface area contributed by atoms with Gasteiger partial charge in [0.2, 0.25) is 0 Å². The average Bonchev–Trinajstić information content (AvgIpc) is 2.93. The van der Waals surface area contributed by atoms with Crippen LogP contribution >= 0.6 is 11.6 Å². The van der Waals surface area contributed by atoms with E-state index in [-0.39, 0.29) is 22.4 Å². The maximum absolute atomic E-state index is 11.7. The van der Waals surface area contributed by atoms with Crippen molar-refractivity contribution < 1.29 is 14.5 Å². The summed E-state index contributed by atoms with van der Waals surface area (Å²) in [6.45, 7) is 0. The van der Waals surface area contributed by atoms with Crippen LogP contribution < -0.4 is 10.6 Å². The lowest BCUT2D eigenvalue weighted by Crippen LogP contribution is -2.40. The normalized spacial score (nSPS) is 14.7. The van der Waals surface area contributed by atoms with E-state index in [0.29, 0.717) is 0 Å². The van der Waals surface area contributed by atoms with Crippen LogP contribution in [0.1, 0.15) is 25.7 Å². The molecule has 2 rings (SSSR count). The zero-order valence-electron chi connectivity index (χ0n) is 11.1. The lowest BCUT2D eigenvalue weighted by Gasteiger charge is -2.11. The third kappa shape index (κ3) is 3.91. The summed E-state index contributed by atoms with van der Waals surface area (Å²) < 4.78 is 0. The van der Waals surface area contributed by atoms with Crippen molar-refractivity contribution in [1.82, 2.24) is 5.32 Å². The van der Waals surface area contributed by atoms with Gasteiger partial charge in [-0.3, -0.25) is 19.7 Å². The number of nitrogens with zero attached hydrogens (tertiary/aromatic N) is 1. The molecule has 112 valence electrons. The molecule has 0 unspecified atom stereocenters. The minimum atomic E-state index is -0.849. The standard InChI is InChI=1S/C13H14ClN3O4/c14-10-6-5-9(7-11(10)17(20)21)16-13(19)12(18)15-8-3-1-2-4-8/h5-8H,1-4H2,(H,15,18)(H,16,19). The Hall–Kier alpha value is -2.15. The first-order valence-corrected chi connectivity index (χ1v) is 6.91. The second-order valence-corrected chi connectivity index (χ2v) is 5.24. The molecular weight excluding hydrogens is 298 g/mol. The largest absolute Gasteiger partial charge is 0.345 e. The number of hydrogen-bond acceptors (Lipinski definition) is 4. The summed E-state index contributed by atoms with van der Waals surface area (Å²) in [5.41, 5.74) is -0.177. The molecule has 0 aliphatic heterocycles. The zero-order valence-corrected chi connectivity index (χ0v) is 11.9. The number of anilines is 1. The Labute approximate surface area is 125 Å². The van der Waals surface area contributed by atoms with Gasteiger partial charge in [0.05, 0.1) is 4.92 Å². The molecule has 0 atom stereocenters. The molecule has 0 aromatic heterocycles. The van der Waals surface area contributed by atoms with Gasteiger partial charge in [-0.25, -0.2) is 0 Å². The number of nitro groups is 1. The number of nitro benzene ring substituents is 1. The Morgan fingerprint density at radius 3 is 2.52 bits per heavy atom. The number of carbonyl (C=O) groups excluding carboxylic acids is 2. The van der Waals surface area contributed by atoms with E-state index in [0.717, 1.165) is 31.7 Å². The first-order chi connectivity index (χ1) is 9.97. The molecule has 2 amide bonds. The van der Waals surface area contributed by atoms with E-state index in [1.807, 2.05) is 0 Å². The molecule has 8 heteroatoms. The van der Waals surface area contributed by atoms with Crippen molar-refractivity contribution >= 4 is 34.8 Å². The minimum absolute atomic E-state index is 0.0304. The molecule has 0 saturated heterocycles. The van der Waals surface area contributed by atoms with E-state index in [1.54, 1.807) is 0 Å². The van der Waals surface area contributed by atoms with E-state index < -0.39 is 16.7 Å². The van der Waals surface area contributed by atoms with Gasteiger partial charge in [-0.2, -0.15) is 0 Å². The monoisotopic (exact) mass is 311 g/mol. The SMILES string of the molecule is O=C(Nc1ccc(Cl)c([N+](=O)[O-])c1)C(=O)NC1CCCC1. The highest BCUT2D eigenvalue weighted by molar-refractivity contribution is 6.39. The molecule has 0 heterocycles. The summed E-state index contributed by atoms with van der Waals surface area (Å²) in [7, 11) is 0. The van der Waals surface area contributed by atoms with Gasteiger partial charge in [0.1, 0.15) is 5.02 Å². The van der Waals surface area contributed by atoms with Crippen LogP contribution in [0, 0.1) is 10.1 Å². The van der Waals surface area contributed by atoms with Crippen molar-refractivity contribution in [1.29, 1.82) is 0 Å². The van der Waals surface area contributed by atoms with E-state index in [9.17, 15) is 19.7 Å². The minimum Gasteiger partial charge on any atom is -0.345 e. The summed E-state index contributed by atoms with van der Waals surface area (Å²) in [5, 5.41) is 15.7. The Morgan fingerprint density at radius 2 is 1.90 bits per heavy atom. The topological polar surface area (TPSA) is 101 Å². The van der Waals surface area contributed by atoms with Crippen LogP contribution in [0.4, 0.5) is 11.4 Å². The number of benzene rings is 1. The predicted octanol–water partition coefficient (Wildman–Crippen LogP) is 2.25. The van der Waals surface area contributed by atoms with Crippen LogP contribution in [-0.4, -0.2) is 22.8 Å². The highest BCUT2D eigenvalue weighted by Crippen LogP contribution is 2.27. The molecule has 0 radical (unpaired) electrons. The second kappa shape index (κ2) is 6.53. The molecule has 7 nitrogen and oxygen atoms in total. The van der Waals surface area contributed by atoms with Gasteiger partial charge in [-0.05, 0) is 25.0 Å². The van der Waals surface area contributed by atoms with Crippen LogP contribution in [-0.2, 0) is 9.59 Å². The van der Waals surface area contributed by atoms with E-state index in [4.69, 9.17) is 11.6 Å². The number of hydrogen-bond donors (Lipinski definition) is 2. The smallest absolute Gasteiger partial charge is 0.313 e. The summed E-state index contributed by atoms with van der Waals surface area (Å²) in [6.07, 6.45) is 3.81. The van der Waals surface area contributed by atoms with Crippen molar-refractivity contribution in [2.75, 3.05) is 5.32 Å². The number of carbonyl (C=O) groups is 2. The third-order valence-corrected chi connectivity index (χ3v) is 3.62. The van der Waals surface area contributed by atoms with Crippen LogP contribution in [0.5, 0.6) is 0 Å². The Morgan fingerprint density at radius 1 is 1.24 bits per heavy atom. The Bertz CT molecular complexity index is 585. The molecule has 1 aliphatic rings. The summed E-state index contributed by atoms with van der Waals surface area (Å²) in [4.78, 5) is 33.5. The number of nitrogens with one attached hydrogen (secondary N) is 2. The first kappa shape index (κ1) is 15.2. The zero-order chi connectivity index (χ0) is 15.4. The summed E-state index contributed by atoms with van der Waals surface area (Å²) in [5.74, 6) is -1.59. The number of rotatable bonds is 3.